The highest BCUT2D eigenvalue weighted by atomic mass is 19.1. The molecule has 0 atom stereocenters. The summed E-state index contributed by atoms with van der Waals surface area (Å²) in [6, 6.07) is 12.8. The fourth-order valence-electron chi connectivity index (χ4n) is 1.86. The van der Waals surface area contributed by atoms with Crippen LogP contribution in [0, 0.1) is 5.82 Å². The minimum absolute atomic E-state index is 0.295. The fourth-order valence-corrected chi connectivity index (χ4v) is 1.86. The molecule has 0 saturated heterocycles. The van der Waals surface area contributed by atoms with Crippen LogP contribution in [0.2, 0.25) is 0 Å². The molecule has 0 saturated carbocycles. The molecule has 0 spiro atoms. The Kier molecular flexibility index (Phi) is 6.41. The Balaban J connectivity index is 1.76. The molecule has 0 aromatic heterocycles. The topological polar surface area (TPSA) is 47.6 Å². The Morgan fingerprint density at radius 2 is 1.70 bits per heavy atom. The largest absolute Gasteiger partial charge is 0.494 e. The van der Waals surface area contributed by atoms with Crippen LogP contribution >= 0.6 is 0 Å². The molecule has 4 nitrogen and oxygen atoms in total. The van der Waals surface area contributed by atoms with Crippen molar-refractivity contribution < 1.29 is 18.7 Å². The Hall–Kier alpha value is -2.56. The van der Waals surface area contributed by atoms with E-state index in [-0.39, 0.29) is 5.82 Å². The standard InChI is InChI=1S/C18H20FNO3/c1-2-3-12-22-16-8-4-14(5-9-16)13-20-18(21)23-17-10-6-15(19)7-11-17/h4-11H,2-3,12-13H2,1H3,(H,20,21). The van der Waals surface area contributed by atoms with Crippen LogP contribution in [-0.4, -0.2) is 12.7 Å². The van der Waals surface area contributed by atoms with Gasteiger partial charge in [-0.05, 0) is 48.4 Å². The SMILES string of the molecule is CCCCOc1ccc(CNC(=O)Oc2ccc(F)cc2)cc1. The van der Waals surface area contributed by atoms with Crippen molar-refractivity contribution in [3.05, 3.63) is 59.9 Å². The average molecular weight is 317 g/mol. The molecule has 0 heterocycles. The molecule has 1 amide bonds. The summed E-state index contributed by atoms with van der Waals surface area (Å²) in [6.07, 6.45) is 1.54. The van der Waals surface area contributed by atoms with Crippen molar-refractivity contribution in [1.82, 2.24) is 5.32 Å². The fraction of sp³-hybridized carbons (Fsp3) is 0.278. The normalized spacial score (nSPS) is 10.2. The lowest BCUT2D eigenvalue weighted by Crippen LogP contribution is -2.26. The van der Waals surface area contributed by atoms with E-state index in [1.807, 2.05) is 24.3 Å². The third-order valence-electron chi connectivity index (χ3n) is 3.15. The zero-order valence-electron chi connectivity index (χ0n) is 13.0. The van der Waals surface area contributed by atoms with Gasteiger partial charge in [0.05, 0.1) is 6.61 Å². The maximum atomic E-state index is 12.8. The molecule has 2 aromatic rings. The lowest BCUT2D eigenvalue weighted by atomic mass is 10.2. The van der Waals surface area contributed by atoms with Gasteiger partial charge >= 0.3 is 6.09 Å². The van der Waals surface area contributed by atoms with E-state index in [4.69, 9.17) is 9.47 Å². The number of benzene rings is 2. The predicted octanol–water partition coefficient (Wildman–Crippen LogP) is 4.29. The summed E-state index contributed by atoms with van der Waals surface area (Å²) in [4.78, 5) is 11.7. The molecule has 122 valence electrons. The van der Waals surface area contributed by atoms with Gasteiger partial charge in [-0.3, -0.25) is 0 Å². The smallest absolute Gasteiger partial charge is 0.412 e. The van der Waals surface area contributed by atoms with Crippen molar-refractivity contribution >= 4 is 6.09 Å². The number of hydrogen-bond donors (Lipinski definition) is 1. The van der Waals surface area contributed by atoms with Crippen molar-refractivity contribution in [2.45, 2.75) is 26.3 Å². The molecular weight excluding hydrogens is 297 g/mol. The third kappa shape index (κ3) is 5.98. The third-order valence-corrected chi connectivity index (χ3v) is 3.15. The van der Waals surface area contributed by atoms with E-state index in [0.29, 0.717) is 18.9 Å². The minimum Gasteiger partial charge on any atom is -0.494 e. The quantitative estimate of drug-likeness (QED) is 0.775. The summed E-state index contributed by atoms with van der Waals surface area (Å²) in [5, 5.41) is 2.64. The number of rotatable bonds is 7. The molecule has 0 aliphatic heterocycles. The first-order chi connectivity index (χ1) is 11.2. The lowest BCUT2D eigenvalue weighted by Gasteiger charge is -2.08. The van der Waals surface area contributed by atoms with Crippen LogP contribution in [0.15, 0.2) is 48.5 Å². The predicted molar refractivity (Wildman–Crippen MR) is 86.1 cm³/mol. The molecule has 0 bridgehead atoms. The van der Waals surface area contributed by atoms with Gasteiger partial charge in [0.1, 0.15) is 17.3 Å². The van der Waals surface area contributed by atoms with E-state index in [2.05, 4.69) is 12.2 Å². The van der Waals surface area contributed by atoms with Crippen molar-refractivity contribution in [1.29, 1.82) is 0 Å². The average Bonchev–Trinajstić information content (AvgIpc) is 2.56. The molecule has 2 aromatic carbocycles. The number of ether oxygens (including phenoxy) is 2. The van der Waals surface area contributed by atoms with Gasteiger partial charge in [0.15, 0.2) is 0 Å². The van der Waals surface area contributed by atoms with Crippen LogP contribution in [0.1, 0.15) is 25.3 Å². The Morgan fingerprint density at radius 3 is 2.35 bits per heavy atom. The van der Waals surface area contributed by atoms with Gasteiger partial charge in [0.2, 0.25) is 0 Å². The first-order valence-corrected chi connectivity index (χ1v) is 7.60. The highest BCUT2D eigenvalue weighted by Crippen LogP contribution is 2.13. The molecular formula is C18H20FNO3. The number of hydrogen-bond acceptors (Lipinski definition) is 3. The van der Waals surface area contributed by atoms with Crippen LogP contribution in [-0.2, 0) is 6.54 Å². The molecule has 1 N–H and O–H groups in total. The Bertz CT molecular complexity index is 611. The molecule has 23 heavy (non-hydrogen) atoms. The number of nitrogens with one attached hydrogen (secondary N) is 1. The summed E-state index contributed by atoms with van der Waals surface area (Å²) in [5.41, 5.74) is 0.934. The maximum absolute atomic E-state index is 12.8. The van der Waals surface area contributed by atoms with E-state index in [0.717, 1.165) is 24.2 Å². The van der Waals surface area contributed by atoms with Gasteiger partial charge in [0, 0.05) is 6.54 Å². The van der Waals surface area contributed by atoms with E-state index >= 15 is 0 Å². The highest BCUT2D eigenvalue weighted by Gasteiger charge is 2.04. The first-order valence-electron chi connectivity index (χ1n) is 7.60. The summed E-state index contributed by atoms with van der Waals surface area (Å²) in [5.74, 6) is 0.735. The van der Waals surface area contributed by atoms with Crippen LogP contribution in [0.4, 0.5) is 9.18 Å². The summed E-state index contributed by atoms with van der Waals surface area (Å²) >= 11 is 0. The van der Waals surface area contributed by atoms with Crippen LogP contribution in [0.5, 0.6) is 11.5 Å². The monoisotopic (exact) mass is 317 g/mol. The second kappa shape index (κ2) is 8.78. The van der Waals surface area contributed by atoms with Crippen LogP contribution in [0.25, 0.3) is 0 Å². The molecule has 0 fully saturated rings. The first kappa shape index (κ1) is 16.8. The zero-order chi connectivity index (χ0) is 16.5. The number of unbranched alkanes of at least 4 members (excludes halogenated alkanes) is 1. The van der Waals surface area contributed by atoms with Crippen molar-refractivity contribution in [2.24, 2.45) is 0 Å². The van der Waals surface area contributed by atoms with Gasteiger partial charge in [-0.15, -0.1) is 0 Å². The summed E-state index contributed by atoms with van der Waals surface area (Å²) in [7, 11) is 0. The van der Waals surface area contributed by atoms with Crippen molar-refractivity contribution in [3.63, 3.8) is 0 Å². The maximum Gasteiger partial charge on any atom is 0.412 e. The molecule has 2 rings (SSSR count). The van der Waals surface area contributed by atoms with E-state index < -0.39 is 6.09 Å². The Labute approximate surface area is 135 Å². The number of halogens is 1. The molecule has 0 aliphatic rings. The van der Waals surface area contributed by atoms with Gasteiger partial charge in [-0.1, -0.05) is 25.5 Å². The summed E-state index contributed by atoms with van der Waals surface area (Å²) < 4.78 is 23.4. The second-order valence-electron chi connectivity index (χ2n) is 5.04. The van der Waals surface area contributed by atoms with Crippen molar-refractivity contribution in [2.75, 3.05) is 6.61 Å². The van der Waals surface area contributed by atoms with E-state index in [9.17, 15) is 9.18 Å². The van der Waals surface area contributed by atoms with Crippen LogP contribution < -0.4 is 14.8 Å². The van der Waals surface area contributed by atoms with Crippen LogP contribution in [0.3, 0.4) is 0 Å². The number of amides is 1. The molecule has 5 heteroatoms. The van der Waals surface area contributed by atoms with E-state index in [1.54, 1.807) is 0 Å². The second-order valence-corrected chi connectivity index (χ2v) is 5.04. The Morgan fingerprint density at radius 1 is 1.04 bits per heavy atom. The highest BCUT2D eigenvalue weighted by molar-refractivity contribution is 5.70. The van der Waals surface area contributed by atoms with E-state index in [1.165, 1.54) is 24.3 Å². The summed E-state index contributed by atoms with van der Waals surface area (Å²) in [6.45, 7) is 3.16. The molecule has 0 unspecified atom stereocenters. The van der Waals surface area contributed by atoms with Gasteiger partial charge in [-0.2, -0.15) is 0 Å². The lowest BCUT2D eigenvalue weighted by molar-refractivity contribution is 0.200. The number of carbonyl (C=O) groups excluding carboxylic acids is 1. The van der Waals surface area contributed by atoms with Gasteiger partial charge in [0.25, 0.3) is 0 Å². The molecule has 0 radical (unpaired) electrons. The van der Waals surface area contributed by atoms with Gasteiger partial charge in [-0.25, -0.2) is 9.18 Å². The molecule has 0 aliphatic carbocycles. The zero-order valence-corrected chi connectivity index (χ0v) is 13.0. The van der Waals surface area contributed by atoms with Gasteiger partial charge < -0.3 is 14.8 Å². The minimum atomic E-state index is -0.583. The number of carbonyl (C=O) groups is 1. The van der Waals surface area contributed by atoms with Crippen molar-refractivity contribution in [3.8, 4) is 11.5 Å².